The molecule has 0 saturated heterocycles. The van der Waals surface area contributed by atoms with E-state index in [9.17, 15) is 4.79 Å². The van der Waals surface area contributed by atoms with Crippen LogP contribution in [0.4, 0.5) is 0 Å². The van der Waals surface area contributed by atoms with Crippen LogP contribution >= 0.6 is 0 Å². The predicted molar refractivity (Wildman–Crippen MR) is 34.7 cm³/mol. The molecule has 0 bridgehead atoms. The van der Waals surface area contributed by atoms with E-state index in [0.29, 0.717) is 6.42 Å². The van der Waals surface area contributed by atoms with E-state index in [4.69, 9.17) is 5.26 Å². The van der Waals surface area contributed by atoms with Gasteiger partial charge in [-0.3, -0.25) is 4.79 Å². The van der Waals surface area contributed by atoms with Gasteiger partial charge in [-0.2, -0.15) is 5.26 Å². The van der Waals surface area contributed by atoms with Gasteiger partial charge >= 0.3 is 0 Å². The van der Waals surface area contributed by atoms with Crippen LogP contribution in [0.15, 0.2) is 0 Å². The van der Waals surface area contributed by atoms with Gasteiger partial charge in [0.25, 0.3) is 0 Å². The highest BCUT2D eigenvalue weighted by Crippen LogP contribution is 2.17. The van der Waals surface area contributed by atoms with Gasteiger partial charge in [-0.1, -0.05) is 20.8 Å². The molecule has 0 atom stereocenters. The van der Waals surface area contributed by atoms with Crippen molar-refractivity contribution in [3.8, 4) is 6.07 Å². The normalized spacial score (nSPS) is 10.4. The van der Waals surface area contributed by atoms with Gasteiger partial charge in [0.2, 0.25) is 5.78 Å². The van der Waals surface area contributed by atoms with Crippen LogP contribution in [0.1, 0.15) is 27.2 Å². The van der Waals surface area contributed by atoms with Crippen molar-refractivity contribution in [1.29, 1.82) is 5.26 Å². The summed E-state index contributed by atoms with van der Waals surface area (Å²) in [4.78, 5) is 10.5. The summed E-state index contributed by atoms with van der Waals surface area (Å²) in [7, 11) is 0. The van der Waals surface area contributed by atoms with Crippen LogP contribution in [0.3, 0.4) is 0 Å². The lowest BCUT2D eigenvalue weighted by molar-refractivity contribution is -0.115. The molecule has 0 amide bonds. The highest BCUT2D eigenvalue weighted by molar-refractivity contribution is 5.93. The largest absolute Gasteiger partial charge is 0.283 e. The second-order valence-corrected chi connectivity index (χ2v) is 3.27. The minimum Gasteiger partial charge on any atom is -0.283 e. The Bertz CT molecular complexity index is 147. The molecule has 0 heterocycles. The zero-order chi connectivity index (χ0) is 7.49. The standard InChI is InChI=1S/C7H11NO/c1-7(2,3)4-6(9)5-8/h4H2,1-3H3. The summed E-state index contributed by atoms with van der Waals surface area (Å²) in [5.41, 5.74) is -0.0488. The van der Waals surface area contributed by atoms with Gasteiger partial charge < -0.3 is 0 Å². The molecule has 0 N–H and O–H groups in total. The maximum atomic E-state index is 10.5. The van der Waals surface area contributed by atoms with Crippen molar-refractivity contribution in [3.63, 3.8) is 0 Å². The smallest absolute Gasteiger partial charge is 0.232 e. The van der Waals surface area contributed by atoms with Gasteiger partial charge in [0, 0.05) is 6.42 Å². The van der Waals surface area contributed by atoms with Gasteiger partial charge in [-0.05, 0) is 5.41 Å². The SMILES string of the molecule is CC(C)(C)CC(=O)C#N. The Hall–Kier alpha value is -0.840. The Balaban J connectivity index is 3.78. The fourth-order valence-corrected chi connectivity index (χ4v) is 0.521. The third-order valence-corrected chi connectivity index (χ3v) is 0.816. The molecule has 0 aliphatic rings. The van der Waals surface area contributed by atoms with Crippen LogP contribution in [0.2, 0.25) is 0 Å². The Morgan fingerprint density at radius 3 is 2.11 bits per heavy atom. The summed E-state index contributed by atoms with van der Waals surface area (Å²) in [6, 6.07) is 1.58. The average molecular weight is 125 g/mol. The zero-order valence-corrected chi connectivity index (χ0v) is 6.06. The summed E-state index contributed by atoms with van der Waals surface area (Å²) in [5, 5.41) is 8.10. The first kappa shape index (κ1) is 8.16. The van der Waals surface area contributed by atoms with Gasteiger partial charge in [-0.15, -0.1) is 0 Å². The van der Waals surface area contributed by atoms with Crippen LogP contribution in [-0.2, 0) is 4.79 Å². The van der Waals surface area contributed by atoms with E-state index in [1.807, 2.05) is 20.8 Å². The van der Waals surface area contributed by atoms with E-state index in [2.05, 4.69) is 0 Å². The summed E-state index contributed by atoms with van der Waals surface area (Å²) >= 11 is 0. The summed E-state index contributed by atoms with van der Waals surface area (Å²) in [6.45, 7) is 5.80. The molecule has 50 valence electrons. The van der Waals surface area contributed by atoms with E-state index in [0.717, 1.165) is 0 Å². The van der Waals surface area contributed by atoms with Gasteiger partial charge in [-0.25, -0.2) is 0 Å². The van der Waals surface area contributed by atoms with Crippen LogP contribution < -0.4 is 0 Å². The van der Waals surface area contributed by atoms with Gasteiger partial charge in [0.15, 0.2) is 0 Å². The predicted octanol–water partition coefficient (Wildman–Crippen LogP) is 1.52. The Morgan fingerprint density at radius 2 is 2.00 bits per heavy atom. The molecule has 0 fully saturated rings. The second-order valence-electron chi connectivity index (χ2n) is 3.27. The summed E-state index contributed by atoms with van der Waals surface area (Å²) in [6.07, 6.45) is 0.351. The number of nitrogens with zero attached hydrogens (tertiary/aromatic N) is 1. The minimum atomic E-state index is -0.331. The first-order chi connectivity index (χ1) is 3.95. The number of hydrogen-bond acceptors (Lipinski definition) is 2. The topological polar surface area (TPSA) is 40.9 Å². The van der Waals surface area contributed by atoms with Gasteiger partial charge in [0.05, 0.1) is 0 Å². The maximum absolute atomic E-state index is 10.5. The lowest BCUT2D eigenvalue weighted by Crippen LogP contribution is -2.10. The quantitative estimate of drug-likeness (QED) is 0.498. The Morgan fingerprint density at radius 1 is 1.56 bits per heavy atom. The third-order valence-electron chi connectivity index (χ3n) is 0.816. The first-order valence-corrected chi connectivity index (χ1v) is 2.88. The average Bonchev–Trinajstić information content (AvgIpc) is 1.62. The second kappa shape index (κ2) is 2.63. The van der Waals surface area contributed by atoms with Crippen molar-refractivity contribution in [2.75, 3.05) is 0 Å². The molecule has 9 heavy (non-hydrogen) atoms. The molecule has 2 heteroatoms. The van der Waals surface area contributed by atoms with Crippen LogP contribution in [0, 0.1) is 16.7 Å². The summed E-state index contributed by atoms with van der Waals surface area (Å²) in [5.74, 6) is -0.331. The van der Waals surface area contributed by atoms with Crippen LogP contribution in [0.25, 0.3) is 0 Å². The molecule has 0 radical (unpaired) electrons. The van der Waals surface area contributed by atoms with E-state index in [-0.39, 0.29) is 11.2 Å². The molecule has 2 nitrogen and oxygen atoms in total. The maximum Gasteiger partial charge on any atom is 0.232 e. The van der Waals surface area contributed by atoms with Crippen molar-refractivity contribution < 1.29 is 4.79 Å². The van der Waals surface area contributed by atoms with E-state index < -0.39 is 0 Å². The molecule has 0 aromatic carbocycles. The highest BCUT2D eigenvalue weighted by Gasteiger charge is 2.14. The lowest BCUT2D eigenvalue weighted by atomic mass is 9.90. The van der Waals surface area contributed by atoms with Crippen molar-refractivity contribution in [3.05, 3.63) is 0 Å². The molecule has 0 aliphatic carbocycles. The number of rotatable bonds is 1. The van der Waals surface area contributed by atoms with E-state index >= 15 is 0 Å². The Kier molecular flexibility index (Phi) is 2.39. The third kappa shape index (κ3) is 5.02. The highest BCUT2D eigenvalue weighted by atomic mass is 16.1. The molecule has 0 spiro atoms. The number of Topliss-reactive ketones (excluding diaryl/α,β-unsaturated/α-hetero) is 1. The first-order valence-electron chi connectivity index (χ1n) is 2.88. The molecule has 0 saturated carbocycles. The number of ketones is 1. The van der Waals surface area contributed by atoms with Crippen molar-refractivity contribution in [2.45, 2.75) is 27.2 Å². The van der Waals surface area contributed by atoms with Crippen LogP contribution in [-0.4, -0.2) is 5.78 Å². The van der Waals surface area contributed by atoms with Gasteiger partial charge in [0.1, 0.15) is 6.07 Å². The molecular formula is C7H11NO. The van der Waals surface area contributed by atoms with Crippen LogP contribution in [0.5, 0.6) is 0 Å². The molecule has 0 rings (SSSR count). The molecule has 0 aliphatic heterocycles. The van der Waals surface area contributed by atoms with E-state index in [1.165, 1.54) is 0 Å². The number of carbonyl (C=O) groups is 1. The van der Waals surface area contributed by atoms with E-state index in [1.54, 1.807) is 6.07 Å². The fourth-order valence-electron chi connectivity index (χ4n) is 0.521. The van der Waals surface area contributed by atoms with Crippen molar-refractivity contribution in [2.24, 2.45) is 5.41 Å². The fraction of sp³-hybridized carbons (Fsp3) is 0.714. The lowest BCUT2D eigenvalue weighted by Gasteiger charge is -2.13. The molecule has 0 unspecified atom stereocenters. The summed E-state index contributed by atoms with van der Waals surface area (Å²) < 4.78 is 0. The number of nitriles is 1. The molecule has 0 aromatic rings. The molecule has 0 aromatic heterocycles. The minimum absolute atomic E-state index is 0.0488. The zero-order valence-electron chi connectivity index (χ0n) is 6.06. The number of carbonyl (C=O) groups excluding carboxylic acids is 1. The Labute approximate surface area is 55.5 Å². The molecular weight excluding hydrogens is 114 g/mol. The van der Waals surface area contributed by atoms with Crippen molar-refractivity contribution >= 4 is 5.78 Å². The number of hydrogen-bond donors (Lipinski definition) is 0. The van der Waals surface area contributed by atoms with Crippen molar-refractivity contribution in [1.82, 2.24) is 0 Å². The monoisotopic (exact) mass is 125 g/mol.